The molecule has 37 heavy (non-hydrogen) atoms. The molecule has 0 amide bonds. The molecule has 7 heteroatoms. The van der Waals surface area contributed by atoms with E-state index >= 15 is 0 Å². The minimum Gasteiger partial charge on any atom is -0.371 e. The average Bonchev–Trinajstić information content (AvgIpc) is 3.36. The van der Waals surface area contributed by atoms with E-state index in [1.165, 1.54) is 6.07 Å². The van der Waals surface area contributed by atoms with E-state index < -0.39 is 11.7 Å². The van der Waals surface area contributed by atoms with E-state index in [0.717, 1.165) is 97.3 Å². The van der Waals surface area contributed by atoms with Crippen LogP contribution in [-0.2, 0) is 6.18 Å². The van der Waals surface area contributed by atoms with E-state index in [9.17, 15) is 13.2 Å². The molecule has 198 valence electrons. The molecule has 0 spiro atoms. The quantitative estimate of drug-likeness (QED) is 0.366. The Kier molecular flexibility index (Phi) is 8.37. The fraction of sp³-hybridized carbons (Fsp3) is 0.433. The highest BCUT2D eigenvalue weighted by Crippen LogP contribution is 2.44. The molecule has 2 aromatic carbocycles. The van der Waals surface area contributed by atoms with E-state index in [1.807, 2.05) is 32.9 Å². The number of alkyl halides is 3. The van der Waals surface area contributed by atoms with Crippen molar-refractivity contribution in [2.24, 2.45) is 0 Å². The summed E-state index contributed by atoms with van der Waals surface area (Å²) in [5.74, 6) is 0. The normalized spacial score (nSPS) is 17.1. The molecule has 0 unspecified atom stereocenters. The van der Waals surface area contributed by atoms with Gasteiger partial charge in [0.15, 0.2) is 0 Å². The first kappa shape index (κ1) is 27.3. The number of benzene rings is 2. The van der Waals surface area contributed by atoms with Crippen LogP contribution >= 0.6 is 11.6 Å². The van der Waals surface area contributed by atoms with Gasteiger partial charge in [0, 0.05) is 35.1 Å². The van der Waals surface area contributed by atoms with Crippen LogP contribution in [0.5, 0.6) is 0 Å². The number of hydrogen-bond donors (Lipinski definition) is 2. The molecule has 0 radical (unpaired) electrons. The number of nitrogens with zero attached hydrogens (tertiary/aromatic N) is 1. The van der Waals surface area contributed by atoms with Gasteiger partial charge in [0.05, 0.1) is 17.0 Å². The van der Waals surface area contributed by atoms with Gasteiger partial charge >= 0.3 is 6.18 Å². The minimum absolute atomic E-state index is 0.101. The van der Waals surface area contributed by atoms with Crippen LogP contribution in [0.25, 0.3) is 0 Å². The Morgan fingerprint density at radius 1 is 0.919 bits per heavy atom. The van der Waals surface area contributed by atoms with Crippen molar-refractivity contribution in [3.63, 3.8) is 0 Å². The van der Waals surface area contributed by atoms with Gasteiger partial charge in [0.1, 0.15) is 0 Å². The fourth-order valence-electron chi connectivity index (χ4n) is 5.15. The van der Waals surface area contributed by atoms with E-state index in [-0.39, 0.29) is 5.69 Å². The molecule has 0 bridgehead atoms. The van der Waals surface area contributed by atoms with Gasteiger partial charge in [-0.05, 0) is 104 Å². The zero-order valence-electron chi connectivity index (χ0n) is 21.8. The van der Waals surface area contributed by atoms with Crippen molar-refractivity contribution in [2.75, 3.05) is 23.3 Å². The highest BCUT2D eigenvalue weighted by molar-refractivity contribution is 6.31. The Morgan fingerprint density at radius 2 is 1.59 bits per heavy atom. The van der Waals surface area contributed by atoms with Crippen LogP contribution in [0.2, 0.25) is 5.02 Å². The van der Waals surface area contributed by atoms with Crippen LogP contribution in [0, 0.1) is 12.3 Å². The lowest BCUT2D eigenvalue weighted by molar-refractivity contribution is -0.136. The summed E-state index contributed by atoms with van der Waals surface area (Å²) in [6.45, 7) is 7.64. The summed E-state index contributed by atoms with van der Waals surface area (Å²) in [6.07, 6.45) is 1.80. The summed E-state index contributed by atoms with van der Waals surface area (Å²) in [7, 11) is 0. The largest absolute Gasteiger partial charge is 0.418 e. The number of aryl methyl sites for hydroxylation is 1. The summed E-state index contributed by atoms with van der Waals surface area (Å²) in [6, 6.07) is 10.00. The number of nitrogens with one attached hydrogen (secondary N) is 2. The van der Waals surface area contributed by atoms with Gasteiger partial charge in [-0.2, -0.15) is 13.2 Å². The predicted octanol–water partition coefficient (Wildman–Crippen LogP) is 9.30. The molecular formula is C30H35ClF3N3. The molecule has 3 aliphatic rings. The van der Waals surface area contributed by atoms with Crippen molar-refractivity contribution in [3.05, 3.63) is 80.5 Å². The smallest absolute Gasteiger partial charge is 0.371 e. The first-order valence-electron chi connectivity index (χ1n) is 13.3. The lowest BCUT2D eigenvalue weighted by Gasteiger charge is -2.23. The first-order chi connectivity index (χ1) is 17.7. The third-order valence-electron chi connectivity index (χ3n) is 7.16. The predicted molar refractivity (Wildman–Crippen MR) is 148 cm³/mol. The summed E-state index contributed by atoms with van der Waals surface area (Å²) in [5.41, 5.74) is 6.22. The van der Waals surface area contributed by atoms with Crippen LogP contribution in [-0.4, -0.2) is 18.8 Å². The fourth-order valence-corrected chi connectivity index (χ4v) is 5.27. The number of allylic oxidation sites excluding steroid dienone is 3. The second-order valence-electron chi connectivity index (χ2n) is 9.67. The third kappa shape index (κ3) is 6.06. The van der Waals surface area contributed by atoms with Crippen LogP contribution in [0.3, 0.4) is 0 Å². The molecule has 2 fully saturated rings. The number of rotatable bonds is 6. The Bertz CT molecular complexity index is 1230. The number of hydrogen-bond acceptors (Lipinski definition) is 3. The standard InChI is InChI=1S/C28H29ClF3N3.C2H6/c1-17-15-19(9-12-24(17)29)26(33)21-5-4-6-22(21)27(18-7-8-18)34-25-16-20(35-13-2-3-14-35)10-11-23(25)28(30,31)32;1-2/h9-12,15-16,33-34H,2-8,13-14H2,1H3;1-2H3. The molecule has 0 atom stereocenters. The van der Waals surface area contributed by atoms with Gasteiger partial charge in [-0.1, -0.05) is 31.5 Å². The summed E-state index contributed by atoms with van der Waals surface area (Å²) in [4.78, 5) is 2.15. The molecular weight excluding hydrogens is 495 g/mol. The highest BCUT2D eigenvalue weighted by atomic mass is 35.5. The van der Waals surface area contributed by atoms with Crippen LogP contribution in [0.15, 0.2) is 58.8 Å². The Hall–Kier alpha value is -2.73. The lowest BCUT2D eigenvalue weighted by atomic mass is 9.96. The molecule has 0 aromatic heterocycles. The van der Waals surface area contributed by atoms with Crippen molar-refractivity contribution in [3.8, 4) is 0 Å². The summed E-state index contributed by atoms with van der Waals surface area (Å²) >= 11 is 6.18. The van der Waals surface area contributed by atoms with Crippen molar-refractivity contribution in [1.82, 2.24) is 0 Å². The molecule has 2 aliphatic carbocycles. The highest BCUT2D eigenvalue weighted by Gasteiger charge is 2.35. The molecule has 1 aliphatic heterocycles. The molecule has 1 heterocycles. The van der Waals surface area contributed by atoms with Crippen LogP contribution in [0.4, 0.5) is 24.5 Å². The van der Waals surface area contributed by atoms with Gasteiger partial charge in [0.2, 0.25) is 0 Å². The van der Waals surface area contributed by atoms with Crippen LogP contribution < -0.4 is 10.2 Å². The van der Waals surface area contributed by atoms with Gasteiger partial charge < -0.3 is 10.2 Å². The van der Waals surface area contributed by atoms with Gasteiger partial charge in [-0.25, -0.2) is 0 Å². The topological polar surface area (TPSA) is 39.1 Å². The molecule has 5 rings (SSSR count). The molecule has 1 saturated heterocycles. The average molecular weight is 530 g/mol. The molecule has 2 aromatic rings. The van der Waals surface area contributed by atoms with Crippen molar-refractivity contribution >= 4 is 28.7 Å². The van der Waals surface area contributed by atoms with Crippen molar-refractivity contribution in [2.45, 2.75) is 71.9 Å². The molecule has 3 nitrogen and oxygen atoms in total. The van der Waals surface area contributed by atoms with E-state index in [2.05, 4.69) is 10.2 Å². The Labute approximate surface area is 222 Å². The monoisotopic (exact) mass is 529 g/mol. The maximum absolute atomic E-state index is 14.0. The van der Waals surface area contributed by atoms with E-state index in [4.69, 9.17) is 17.0 Å². The SMILES string of the molecule is CC.Cc1cc(C(=N)C2=C(C(Nc3cc(N4CCCC4)ccc3C(F)(F)F)=C3CC3)CCC2)ccc1Cl. The summed E-state index contributed by atoms with van der Waals surface area (Å²) in [5, 5.41) is 12.8. The van der Waals surface area contributed by atoms with E-state index in [1.54, 1.807) is 18.2 Å². The summed E-state index contributed by atoms with van der Waals surface area (Å²) < 4.78 is 41.9. The Balaban J connectivity index is 0.00000156. The zero-order chi connectivity index (χ0) is 26.7. The lowest BCUT2D eigenvalue weighted by Crippen LogP contribution is -2.19. The molecule has 1 saturated carbocycles. The van der Waals surface area contributed by atoms with Gasteiger partial charge in [0.25, 0.3) is 0 Å². The first-order valence-corrected chi connectivity index (χ1v) is 13.6. The minimum atomic E-state index is -4.45. The second-order valence-corrected chi connectivity index (χ2v) is 10.1. The zero-order valence-corrected chi connectivity index (χ0v) is 22.5. The van der Waals surface area contributed by atoms with Crippen molar-refractivity contribution in [1.29, 1.82) is 5.41 Å². The van der Waals surface area contributed by atoms with Gasteiger partial charge in [-0.3, -0.25) is 5.41 Å². The maximum atomic E-state index is 14.0. The molecule has 2 N–H and O–H groups in total. The number of anilines is 2. The van der Waals surface area contributed by atoms with E-state index in [0.29, 0.717) is 10.7 Å². The van der Waals surface area contributed by atoms with Crippen LogP contribution in [0.1, 0.15) is 75.5 Å². The Morgan fingerprint density at radius 3 is 2.22 bits per heavy atom. The number of halogens is 4. The van der Waals surface area contributed by atoms with Gasteiger partial charge in [-0.15, -0.1) is 0 Å². The van der Waals surface area contributed by atoms with Crippen molar-refractivity contribution < 1.29 is 13.2 Å². The maximum Gasteiger partial charge on any atom is 0.418 e. The third-order valence-corrected chi connectivity index (χ3v) is 7.59. The second kappa shape index (κ2) is 11.3.